The summed E-state index contributed by atoms with van der Waals surface area (Å²) in [5.41, 5.74) is 0. The number of sulfonamides is 1. The van der Waals surface area contributed by atoms with Crippen molar-refractivity contribution in [1.29, 1.82) is 0 Å². The van der Waals surface area contributed by atoms with Gasteiger partial charge in [-0.25, -0.2) is 13.4 Å². The molecule has 1 amide bonds. The van der Waals surface area contributed by atoms with Gasteiger partial charge in [0.1, 0.15) is 12.3 Å². The van der Waals surface area contributed by atoms with E-state index in [1.807, 2.05) is 12.1 Å². The van der Waals surface area contributed by atoms with Crippen LogP contribution in [0.3, 0.4) is 0 Å². The molecule has 27 heavy (non-hydrogen) atoms. The van der Waals surface area contributed by atoms with Gasteiger partial charge in [-0.1, -0.05) is 0 Å². The van der Waals surface area contributed by atoms with Gasteiger partial charge < -0.3 is 20.0 Å². The Balaban J connectivity index is 1.93. The maximum Gasteiger partial charge on any atom is 0.243 e. The van der Waals surface area contributed by atoms with Crippen LogP contribution in [0, 0.1) is 0 Å². The standard InChI is InChI=1S/C17H29N5O4S/c1-21(2)16(23)13-20-17(18-9-8-15-7-5-11-26-15)19-12-14-6-4-10-22(14)27(3,24)25/h5,7,11,14H,4,6,8-10,12-13H2,1-3H3,(H2,18,19,20)/t14-/m1/s1. The van der Waals surface area contributed by atoms with Crippen molar-refractivity contribution in [3.05, 3.63) is 24.2 Å². The first kappa shape index (κ1) is 21.2. The summed E-state index contributed by atoms with van der Waals surface area (Å²) < 4.78 is 30.6. The van der Waals surface area contributed by atoms with E-state index in [0.717, 1.165) is 18.6 Å². The lowest BCUT2D eigenvalue weighted by Gasteiger charge is -2.23. The van der Waals surface area contributed by atoms with Crippen molar-refractivity contribution in [1.82, 2.24) is 19.8 Å². The zero-order valence-electron chi connectivity index (χ0n) is 16.1. The number of likely N-dealkylation sites (N-methyl/N-ethyl adjacent to an activating group) is 1. The fourth-order valence-corrected chi connectivity index (χ4v) is 4.07. The van der Waals surface area contributed by atoms with Gasteiger partial charge in [-0.15, -0.1) is 0 Å². The van der Waals surface area contributed by atoms with E-state index in [2.05, 4.69) is 15.6 Å². The monoisotopic (exact) mass is 399 g/mol. The number of carbonyl (C=O) groups excluding carboxylic acids is 1. The third-order valence-corrected chi connectivity index (χ3v) is 5.70. The summed E-state index contributed by atoms with van der Waals surface area (Å²) in [6.45, 7) is 1.58. The van der Waals surface area contributed by atoms with E-state index in [1.165, 1.54) is 15.5 Å². The van der Waals surface area contributed by atoms with E-state index in [4.69, 9.17) is 4.42 Å². The Kier molecular flexibility index (Phi) is 7.66. The lowest BCUT2D eigenvalue weighted by Crippen LogP contribution is -2.47. The third kappa shape index (κ3) is 6.87. The van der Waals surface area contributed by atoms with Crippen LogP contribution in [0.25, 0.3) is 0 Å². The van der Waals surface area contributed by atoms with Gasteiger partial charge in [0.05, 0.1) is 12.5 Å². The van der Waals surface area contributed by atoms with Crippen LogP contribution < -0.4 is 10.6 Å². The molecule has 0 bridgehead atoms. The molecule has 2 N–H and O–H groups in total. The smallest absolute Gasteiger partial charge is 0.243 e. The van der Waals surface area contributed by atoms with Gasteiger partial charge in [0.25, 0.3) is 0 Å². The Morgan fingerprint density at radius 3 is 2.81 bits per heavy atom. The third-order valence-electron chi connectivity index (χ3n) is 4.37. The minimum absolute atomic E-state index is 0.0174. The second-order valence-corrected chi connectivity index (χ2v) is 8.69. The molecule has 1 aromatic rings. The minimum Gasteiger partial charge on any atom is -0.469 e. The molecule has 0 unspecified atom stereocenters. The molecule has 1 aliphatic rings. The number of hydrogen-bond donors (Lipinski definition) is 2. The van der Waals surface area contributed by atoms with Crippen molar-refractivity contribution in [3.63, 3.8) is 0 Å². The second kappa shape index (κ2) is 9.75. The molecule has 2 heterocycles. The highest BCUT2D eigenvalue weighted by Gasteiger charge is 2.31. The highest BCUT2D eigenvalue weighted by Crippen LogP contribution is 2.19. The Hall–Kier alpha value is -2.07. The van der Waals surface area contributed by atoms with Crippen LogP contribution in [-0.4, -0.2) is 82.1 Å². The molecule has 0 radical (unpaired) electrons. The van der Waals surface area contributed by atoms with Crippen molar-refractivity contribution < 1.29 is 17.6 Å². The van der Waals surface area contributed by atoms with Gasteiger partial charge >= 0.3 is 0 Å². The Bertz CT molecular complexity index is 731. The lowest BCUT2D eigenvalue weighted by molar-refractivity contribution is -0.127. The fourth-order valence-electron chi connectivity index (χ4n) is 2.89. The quantitative estimate of drug-likeness (QED) is 0.466. The minimum atomic E-state index is -3.22. The number of carbonyl (C=O) groups is 1. The number of rotatable bonds is 8. The topological polar surface area (TPSA) is 107 Å². The molecular weight excluding hydrogens is 370 g/mol. The summed E-state index contributed by atoms with van der Waals surface area (Å²) in [6, 6.07) is 3.61. The molecule has 0 aromatic carbocycles. The van der Waals surface area contributed by atoms with Gasteiger partial charge in [0.15, 0.2) is 5.96 Å². The number of nitrogens with one attached hydrogen (secondary N) is 2. The number of furan rings is 1. The number of amides is 1. The normalized spacial score (nSPS) is 18.5. The summed E-state index contributed by atoms with van der Waals surface area (Å²) in [4.78, 5) is 17.6. The van der Waals surface area contributed by atoms with Crippen molar-refractivity contribution in [2.24, 2.45) is 4.99 Å². The zero-order valence-corrected chi connectivity index (χ0v) is 17.0. The predicted octanol–water partition coefficient (Wildman–Crippen LogP) is -0.130. The molecule has 1 atom stereocenters. The number of nitrogens with zero attached hydrogens (tertiary/aromatic N) is 3. The number of aliphatic imine (C=N–C) groups is 1. The van der Waals surface area contributed by atoms with Gasteiger partial charge in [-0.2, -0.15) is 4.31 Å². The number of hydrogen-bond acceptors (Lipinski definition) is 5. The first-order valence-corrected chi connectivity index (χ1v) is 10.8. The molecule has 1 saturated heterocycles. The van der Waals surface area contributed by atoms with E-state index in [1.54, 1.807) is 20.4 Å². The van der Waals surface area contributed by atoms with Gasteiger partial charge in [-0.3, -0.25) is 4.79 Å². The second-order valence-electron chi connectivity index (χ2n) is 6.76. The van der Waals surface area contributed by atoms with Crippen LogP contribution in [0.4, 0.5) is 0 Å². The van der Waals surface area contributed by atoms with Crippen LogP contribution in [-0.2, 0) is 21.2 Å². The predicted molar refractivity (Wildman–Crippen MR) is 104 cm³/mol. The molecule has 0 saturated carbocycles. The Labute approximate surface area is 160 Å². The highest BCUT2D eigenvalue weighted by molar-refractivity contribution is 7.88. The molecule has 9 nitrogen and oxygen atoms in total. The highest BCUT2D eigenvalue weighted by atomic mass is 32.2. The summed E-state index contributed by atoms with van der Waals surface area (Å²) in [5.74, 6) is 1.23. The van der Waals surface area contributed by atoms with Crippen LogP contribution in [0.15, 0.2) is 27.8 Å². The van der Waals surface area contributed by atoms with Crippen molar-refractivity contribution in [3.8, 4) is 0 Å². The molecule has 1 aliphatic heterocycles. The van der Waals surface area contributed by atoms with Crippen LogP contribution >= 0.6 is 0 Å². The molecule has 0 spiro atoms. The first-order valence-electron chi connectivity index (χ1n) is 8.99. The average molecular weight is 400 g/mol. The maximum atomic E-state index is 11.9. The van der Waals surface area contributed by atoms with Crippen molar-refractivity contribution in [2.45, 2.75) is 25.3 Å². The summed E-state index contributed by atoms with van der Waals surface area (Å²) >= 11 is 0. The van der Waals surface area contributed by atoms with Gasteiger partial charge in [0.2, 0.25) is 15.9 Å². The summed E-state index contributed by atoms with van der Waals surface area (Å²) in [5, 5.41) is 6.34. The zero-order chi connectivity index (χ0) is 19.9. The molecule has 1 aromatic heterocycles. The fraction of sp³-hybridized carbons (Fsp3) is 0.647. The van der Waals surface area contributed by atoms with E-state index in [-0.39, 0.29) is 18.5 Å². The molecular formula is C17H29N5O4S. The molecule has 1 fully saturated rings. The molecule has 0 aliphatic carbocycles. The van der Waals surface area contributed by atoms with Crippen LogP contribution in [0.5, 0.6) is 0 Å². The Morgan fingerprint density at radius 2 is 2.19 bits per heavy atom. The van der Waals surface area contributed by atoms with E-state index in [0.29, 0.717) is 32.0 Å². The van der Waals surface area contributed by atoms with E-state index >= 15 is 0 Å². The van der Waals surface area contributed by atoms with Crippen LogP contribution in [0.2, 0.25) is 0 Å². The average Bonchev–Trinajstić information content (AvgIpc) is 3.27. The maximum absolute atomic E-state index is 11.9. The Morgan fingerprint density at radius 1 is 1.41 bits per heavy atom. The van der Waals surface area contributed by atoms with E-state index in [9.17, 15) is 13.2 Å². The van der Waals surface area contributed by atoms with E-state index < -0.39 is 10.0 Å². The summed E-state index contributed by atoms with van der Waals surface area (Å²) in [6.07, 6.45) is 5.18. The molecule has 2 rings (SSSR count). The molecule has 152 valence electrons. The van der Waals surface area contributed by atoms with Crippen molar-refractivity contribution >= 4 is 21.9 Å². The molecule has 10 heteroatoms. The number of guanidine groups is 1. The van der Waals surface area contributed by atoms with Gasteiger partial charge in [-0.05, 0) is 25.0 Å². The van der Waals surface area contributed by atoms with Crippen LogP contribution in [0.1, 0.15) is 18.6 Å². The first-order chi connectivity index (χ1) is 12.8. The van der Waals surface area contributed by atoms with Crippen molar-refractivity contribution in [2.75, 3.05) is 46.5 Å². The summed E-state index contributed by atoms with van der Waals surface area (Å²) in [7, 11) is 0.133. The SMILES string of the molecule is CN(C)C(=O)CN=C(NCCc1ccco1)NC[C@H]1CCCN1S(C)(=O)=O. The van der Waals surface area contributed by atoms with Gasteiger partial charge in [0, 0.05) is 46.2 Å². The lowest BCUT2D eigenvalue weighted by atomic mass is 10.2. The largest absolute Gasteiger partial charge is 0.469 e.